The van der Waals surface area contributed by atoms with Crippen molar-refractivity contribution in [1.82, 2.24) is 10.6 Å². The lowest BCUT2D eigenvalue weighted by Gasteiger charge is -2.24. The van der Waals surface area contributed by atoms with E-state index in [0.717, 1.165) is 24.2 Å². The highest BCUT2D eigenvalue weighted by atomic mass is 16.5. The number of carbonyl (C=O) groups excluding carboxylic acids is 1. The van der Waals surface area contributed by atoms with Gasteiger partial charge in [0, 0.05) is 25.4 Å². The minimum atomic E-state index is -0.118. The van der Waals surface area contributed by atoms with Gasteiger partial charge in [0.15, 0.2) is 11.5 Å². The summed E-state index contributed by atoms with van der Waals surface area (Å²) in [5, 5.41) is 5.60. The van der Waals surface area contributed by atoms with Gasteiger partial charge in [0.05, 0.1) is 12.9 Å². The van der Waals surface area contributed by atoms with E-state index >= 15 is 0 Å². The van der Waals surface area contributed by atoms with Crippen LogP contribution in [0, 0.1) is 0 Å². The number of hydrogen-bond donors (Lipinski definition) is 2. The lowest BCUT2D eigenvalue weighted by atomic mass is 9.97. The maximum atomic E-state index is 11.1. The Morgan fingerprint density at radius 2 is 2.05 bits per heavy atom. The van der Waals surface area contributed by atoms with E-state index in [-0.39, 0.29) is 11.9 Å². The lowest BCUT2D eigenvalue weighted by Crippen LogP contribution is -2.47. The van der Waals surface area contributed by atoms with Crippen molar-refractivity contribution in [2.45, 2.75) is 25.7 Å². The van der Waals surface area contributed by atoms with Gasteiger partial charge in [-0.25, -0.2) is 4.79 Å². The topological polar surface area (TPSA) is 59.6 Å². The predicted octanol–water partition coefficient (Wildman–Crippen LogP) is 2.78. The molecule has 2 rings (SSSR count). The van der Waals surface area contributed by atoms with E-state index in [0.29, 0.717) is 24.6 Å². The van der Waals surface area contributed by atoms with Crippen molar-refractivity contribution in [3.63, 3.8) is 0 Å². The van der Waals surface area contributed by atoms with E-state index in [1.165, 1.54) is 0 Å². The fraction of sp³-hybridized carbons (Fsp3) is 0.438. The minimum Gasteiger partial charge on any atom is -0.493 e. The van der Waals surface area contributed by atoms with Gasteiger partial charge >= 0.3 is 6.03 Å². The molecule has 1 aromatic carbocycles. The molecule has 0 unspecified atom stereocenters. The summed E-state index contributed by atoms with van der Waals surface area (Å²) in [4.78, 5) is 11.1. The molecule has 1 aliphatic heterocycles. The summed E-state index contributed by atoms with van der Waals surface area (Å²) in [5.41, 5.74) is 1.10. The highest BCUT2D eigenvalue weighted by molar-refractivity contribution is 5.75. The van der Waals surface area contributed by atoms with Crippen LogP contribution in [0.1, 0.15) is 31.2 Å². The molecule has 2 amide bonds. The van der Waals surface area contributed by atoms with Crippen LogP contribution >= 0.6 is 0 Å². The summed E-state index contributed by atoms with van der Waals surface area (Å²) in [6, 6.07) is 5.73. The number of methoxy groups -OCH3 is 1. The number of hydrogen-bond acceptors (Lipinski definition) is 3. The Labute approximate surface area is 125 Å². The van der Waals surface area contributed by atoms with E-state index < -0.39 is 0 Å². The van der Waals surface area contributed by atoms with Gasteiger partial charge in [0.25, 0.3) is 0 Å². The molecule has 1 fully saturated rings. The SMILES string of the molecule is C=C(CCC)Oc1cc(C2CNC(=O)NC2)ccc1OC. The molecule has 2 N–H and O–H groups in total. The Balaban J connectivity index is 2.16. The number of amides is 2. The molecule has 0 aliphatic carbocycles. The third kappa shape index (κ3) is 3.90. The zero-order valence-electron chi connectivity index (χ0n) is 12.6. The Bertz CT molecular complexity index is 518. The summed E-state index contributed by atoms with van der Waals surface area (Å²) in [6.07, 6.45) is 1.80. The Kier molecular flexibility index (Phi) is 5.09. The zero-order valence-corrected chi connectivity index (χ0v) is 12.6. The number of rotatable bonds is 6. The number of carbonyl (C=O) groups is 1. The first-order valence-corrected chi connectivity index (χ1v) is 7.19. The summed E-state index contributed by atoms with van der Waals surface area (Å²) < 4.78 is 11.1. The van der Waals surface area contributed by atoms with Crippen LogP contribution in [0.5, 0.6) is 11.5 Å². The predicted molar refractivity (Wildman–Crippen MR) is 81.8 cm³/mol. The molecule has 0 aromatic heterocycles. The zero-order chi connectivity index (χ0) is 15.2. The summed E-state index contributed by atoms with van der Waals surface area (Å²) in [5.74, 6) is 2.30. The number of nitrogens with one attached hydrogen (secondary N) is 2. The molecule has 0 radical (unpaired) electrons. The fourth-order valence-corrected chi connectivity index (χ4v) is 2.31. The summed E-state index contributed by atoms with van der Waals surface area (Å²) in [7, 11) is 1.62. The number of allylic oxidation sites excluding steroid dienone is 1. The molecule has 5 heteroatoms. The van der Waals surface area contributed by atoms with Crippen LogP contribution in [-0.4, -0.2) is 26.2 Å². The van der Waals surface area contributed by atoms with E-state index in [1.807, 2.05) is 18.2 Å². The fourth-order valence-electron chi connectivity index (χ4n) is 2.31. The first kappa shape index (κ1) is 15.2. The maximum absolute atomic E-state index is 11.1. The molecule has 21 heavy (non-hydrogen) atoms. The molecule has 0 bridgehead atoms. The lowest BCUT2D eigenvalue weighted by molar-refractivity contribution is 0.234. The Morgan fingerprint density at radius 1 is 1.33 bits per heavy atom. The molecule has 0 atom stereocenters. The van der Waals surface area contributed by atoms with E-state index in [4.69, 9.17) is 9.47 Å². The normalized spacial score (nSPS) is 15.0. The molecule has 1 saturated heterocycles. The molecule has 1 aliphatic rings. The van der Waals surface area contributed by atoms with Crippen molar-refractivity contribution in [2.24, 2.45) is 0 Å². The highest BCUT2D eigenvalue weighted by Crippen LogP contribution is 2.32. The van der Waals surface area contributed by atoms with Crippen molar-refractivity contribution in [3.05, 3.63) is 36.1 Å². The molecular weight excluding hydrogens is 268 g/mol. The van der Waals surface area contributed by atoms with Crippen LogP contribution in [-0.2, 0) is 0 Å². The van der Waals surface area contributed by atoms with Crippen LogP contribution < -0.4 is 20.1 Å². The van der Waals surface area contributed by atoms with Crippen molar-refractivity contribution in [2.75, 3.05) is 20.2 Å². The van der Waals surface area contributed by atoms with Crippen molar-refractivity contribution < 1.29 is 14.3 Å². The van der Waals surface area contributed by atoms with Gasteiger partial charge in [0.2, 0.25) is 0 Å². The number of urea groups is 1. The highest BCUT2D eigenvalue weighted by Gasteiger charge is 2.20. The smallest absolute Gasteiger partial charge is 0.314 e. The van der Waals surface area contributed by atoms with Gasteiger partial charge < -0.3 is 20.1 Å². The molecule has 114 valence electrons. The van der Waals surface area contributed by atoms with Crippen LogP contribution in [0.15, 0.2) is 30.5 Å². The van der Waals surface area contributed by atoms with Crippen molar-refractivity contribution >= 4 is 6.03 Å². The van der Waals surface area contributed by atoms with Crippen molar-refractivity contribution in [3.8, 4) is 11.5 Å². The number of ether oxygens (including phenoxy) is 2. The second-order valence-corrected chi connectivity index (χ2v) is 5.09. The molecule has 0 saturated carbocycles. The Morgan fingerprint density at radius 3 is 2.67 bits per heavy atom. The van der Waals surface area contributed by atoms with E-state index in [1.54, 1.807) is 7.11 Å². The van der Waals surface area contributed by atoms with Crippen LogP contribution in [0.3, 0.4) is 0 Å². The Hall–Kier alpha value is -2.17. The molecule has 5 nitrogen and oxygen atoms in total. The average Bonchev–Trinajstić information content (AvgIpc) is 2.48. The second kappa shape index (κ2) is 7.02. The van der Waals surface area contributed by atoms with Gasteiger partial charge in [-0.1, -0.05) is 19.6 Å². The van der Waals surface area contributed by atoms with Gasteiger partial charge in [-0.05, 0) is 24.1 Å². The van der Waals surface area contributed by atoms with E-state index in [9.17, 15) is 4.79 Å². The third-order valence-electron chi connectivity index (χ3n) is 3.46. The van der Waals surface area contributed by atoms with Crippen LogP contribution in [0.2, 0.25) is 0 Å². The summed E-state index contributed by atoms with van der Waals surface area (Å²) in [6.45, 7) is 7.24. The van der Waals surface area contributed by atoms with Crippen LogP contribution in [0.25, 0.3) is 0 Å². The molecule has 0 spiro atoms. The minimum absolute atomic E-state index is 0.118. The first-order valence-electron chi connectivity index (χ1n) is 7.19. The first-order chi connectivity index (χ1) is 10.1. The maximum Gasteiger partial charge on any atom is 0.314 e. The molecule has 1 heterocycles. The second-order valence-electron chi connectivity index (χ2n) is 5.09. The van der Waals surface area contributed by atoms with Crippen LogP contribution in [0.4, 0.5) is 4.79 Å². The van der Waals surface area contributed by atoms with E-state index in [2.05, 4.69) is 24.1 Å². The average molecular weight is 290 g/mol. The quantitative estimate of drug-likeness (QED) is 0.792. The number of benzene rings is 1. The third-order valence-corrected chi connectivity index (χ3v) is 3.46. The van der Waals surface area contributed by atoms with Gasteiger partial charge in [-0.3, -0.25) is 0 Å². The largest absolute Gasteiger partial charge is 0.493 e. The van der Waals surface area contributed by atoms with Gasteiger partial charge in [0.1, 0.15) is 0 Å². The molecular formula is C16H22N2O3. The summed E-state index contributed by atoms with van der Waals surface area (Å²) >= 11 is 0. The molecule has 1 aromatic rings. The standard InChI is InChI=1S/C16H22N2O3/c1-4-5-11(2)21-15-8-12(6-7-14(15)20-3)13-9-17-16(19)18-10-13/h6-8,13H,2,4-5,9-10H2,1,3H3,(H2,17,18,19). The van der Waals surface area contributed by atoms with Gasteiger partial charge in [-0.2, -0.15) is 0 Å². The van der Waals surface area contributed by atoms with Crippen molar-refractivity contribution in [1.29, 1.82) is 0 Å². The monoisotopic (exact) mass is 290 g/mol. The van der Waals surface area contributed by atoms with Gasteiger partial charge in [-0.15, -0.1) is 0 Å².